The van der Waals surface area contributed by atoms with Crippen LogP contribution in [0.1, 0.15) is 44.1 Å². The van der Waals surface area contributed by atoms with Crippen molar-refractivity contribution in [1.29, 1.82) is 0 Å². The van der Waals surface area contributed by atoms with Crippen molar-refractivity contribution < 1.29 is 22.8 Å². The number of sulfone groups is 1. The summed E-state index contributed by atoms with van der Waals surface area (Å²) in [5, 5.41) is 2.69. The molecule has 2 saturated heterocycles. The van der Waals surface area contributed by atoms with E-state index in [9.17, 15) is 22.8 Å². The Morgan fingerprint density at radius 3 is 2.42 bits per heavy atom. The number of benzene rings is 1. The van der Waals surface area contributed by atoms with Gasteiger partial charge in [-0.3, -0.25) is 14.5 Å². The number of rotatable bonds is 7. The first-order valence-corrected chi connectivity index (χ1v) is 12.8. The van der Waals surface area contributed by atoms with Crippen molar-refractivity contribution in [2.24, 2.45) is 0 Å². The van der Waals surface area contributed by atoms with E-state index in [2.05, 4.69) is 5.32 Å². The molecular formula is C22H29N3O5S. The molecule has 4 amide bonds. The molecule has 2 aliphatic heterocycles. The van der Waals surface area contributed by atoms with Crippen LogP contribution in [-0.4, -0.2) is 72.2 Å². The lowest BCUT2D eigenvalue weighted by Crippen LogP contribution is -2.51. The van der Waals surface area contributed by atoms with E-state index in [1.165, 1.54) is 0 Å². The SMILES string of the molecule is O=C1N[C@H](CCc2ccccc2)C(=O)N1CC(=O)N(C1CCCC1)[C@H]1CCS(=O)(=O)C1. The van der Waals surface area contributed by atoms with E-state index in [1.54, 1.807) is 4.90 Å². The average molecular weight is 448 g/mol. The van der Waals surface area contributed by atoms with Gasteiger partial charge in [0.2, 0.25) is 5.91 Å². The second kappa shape index (κ2) is 8.98. The van der Waals surface area contributed by atoms with E-state index in [4.69, 9.17) is 0 Å². The normalized spacial score (nSPS) is 25.7. The third-order valence-corrected chi connectivity index (χ3v) is 8.32. The zero-order valence-electron chi connectivity index (χ0n) is 17.5. The molecule has 1 aromatic rings. The Morgan fingerprint density at radius 2 is 1.77 bits per heavy atom. The molecule has 3 fully saturated rings. The molecule has 0 radical (unpaired) electrons. The standard InChI is InChI=1S/C22H29N3O5S/c26-20(25(17-8-4-5-9-17)18-12-13-31(29,30)15-18)14-24-21(27)19(23-22(24)28)11-10-16-6-2-1-3-7-16/h1-3,6-7,17-19H,4-5,8-15H2,(H,23,28)/t18-,19+/m0/s1. The van der Waals surface area contributed by atoms with Crippen LogP contribution in [-0.2, 0) is 25.8 Å². The predicted octanol–water partition coefficient (Wildman–Crippen LogP) is 1.50. The average Bonchev–Trinajstić information content (AvgIpc) is 3.45. The van der Waals surface area contributed by atoms with Crippen molar-refractivity contribution in [2.45, 2.75) is 63.1 Å². The zero-order chi connectivity index (χ0) is 22.0. The van der Waals surface area contributed by atoms with Crippen molar-refractivity contribution in [3.05, 3.63) is 35.9 Å². The fraction of sp³-hybridized carbons (Fsp3) is 0.591. The van der Waals surface area contributed by atoms with Crippen LogP contribution in [0.5, 0.6) is 0 Å². The smallest absolute Gasteiger partial charge is 0.325 e. The summed E-state index contributed by atoms with van der Waals surface area (Å²) in [6, 6.07) is 8.14. The van der Waals surface area contributed by atoms with Crippen molar-refractivity contribution in [2.75, 3.05) is 18.1 Å². The highest BCUT2D eigenvalue weighted by Crippen LogP contribution is 2.29. The third-order valence-electron chi connectivity index (χ3n) is 6.57. The van der Waals surface area contributed by atoms with Gasteiger partial charge in [-0.25, -0.2) is 13.2 Å². The summed E-state index contributed by atoms with van der Waals surface area (Å²) in [4.78, 5) is 41.1. The molecule has 2 atom stereocenters. The Kier molecular flexibility index (Phi) is 6.31. The van der Waals surface area contributed by atoms with Gasteiger partial charge in [-0.2, -0.15) is 0 Å². The van der Waals surface area contributed by atoms with Crippen LogP contribution in [0.25, 0.3) is 0 Å². The highest BCUT2D eigenvalue weighted by molar-refractivity contribution is 7.91. The van der Waals surface area contributed by atoms with Gasteiger partial charge in [-0.15, -0.1) is 0 Å². The summed E-state index contributed by atoms with van der Waals surface area (Å²) in [5.74, 6) is -0.672. The lowest BCUT2D eigenvalue weighted by molar-refractivity contribution is -0.140. The Labute approximate surface area is 182 Å². The maximum absolute atomic E-state index is 13.2. The van der Waals surface area contributed by atoms with Crippen LogP contribution in [0, 0.1) is 0 Å². The summed E-state index contributed by atoms with van der Waals surface area (Å²) in [7, 11) is -3.15. The van der Waals surface area contributed by atoms with Gasteiger partial charge >= 0.3 is 6.03 Å². The van der Waals surface area contributed by atoms with Gasteiger partial charge in [0.1, 0.15) is 12.6 Å². The van der Waals surface area contributed by atoms with Crippen LogP contribution in [0.15, 0.2) is 30.3 Å². The molecule has 1 saturated carbocycles. The number of hydrogen-bond acceptors (Lipinski definition) is 5. The first-order valence-electron chi connectivity index (χ1n) is 11.0. The number of nitrogens with zero attached hydrogens (tertiary/aromatic N) is 2. The molecule has 9 heteroatoms. The first-order chi connectivity index (χ1) is 14.8. The summed E-state index contributed by atoms with van der Waals surface area (Å²) in [6.45, 7) is -0.334. The molecule has 1 aromatic carbocycles. The van der Waals surface area contributed by atoms with Gasteiger partial charge < -0.3 is 10.2 Å². The lowest BCUT2D eigenvalue weighted by atomic mass is 10.1. The number of aryl methyl sites for hydroxylation is 1. The minimum absolute atomic E-state index is 0.0135. The number of hydrogen-bond donors (Lipinski definition) is 1. The summed E-state index contributed by atoms with van der Waals surface area (Å²) < 4.78 is 24.0. The molecule has 1 aliphatic carbocycles. The topological polar surface area (TPSA) is 104 Å². The Hall–Kier alpha value is -2.42. The molecular weight excluding hydrogens is 418 g/mol. The Morgan fingerprint density at radius 1 is 1.06 bits per heavy atom. The molecule has 2 heterocycles. The number of carbonyl (C=O) groups is 3. The summed E-state index contributed by atoms with van der Waals surface area (Å²) >= 11 is 0. The van der Waals surface area contributed by atoms with Crippen LogP contribution in [0.3, 0.4) is 0 Å². The van der Waals surface area contributed by atoms with Gasteiger partial charge in [0.05, 0.1) is 11.5 Å². The maximum atomic E-state index is 13.2. The lowest BCUT2D eigenvalue weighted by Gasteiger charge is -2.34. The van der Waals surface area contributed by atoms with E-state index in [0.717, 1.165) is 36.1 Å². The monoisotopic (exact) mass is 447 g/mol. The van der Waals surface area contributed by atoms with Crippen molar-refractivity contribution >= 4 is 27.7 Å². The highest BCUT2D eigenvalue weighted by Gasteiger charge is 2.43. The number of amides is 4. The van der Waals surface area contributed by atoms with Crippen molar-refractivity contribution in [3.63, 3.8) is 0 Å². The number of nitrogens with one attached hydrogen (secondary N) is 1. The van der Waals surface area contributed by atoms with E-state index in [-0.39, 0.29) is 41.9 Å². The molecule has 3 aliphatic rings. The van der Waals surface area contributed by atoms with E-state index >= 15 is 0 Å². The largest absolute Gasteiger partial charge is 0.334 e. The summed E-state index contributed by atoms with van der Waals surface area (Å²) in [6.07, 6.45) is 5.20. The highest BCUT2D eigenvalue weighted by atomic mass is 32.2. The quantitative estimate of drug-likeness (QED) is 0.638. The van der Waals surface area contributed by atoms with Gasteiger partial charge in [0.25, 0.3) is 5.91 Å². The van der Waals surface area contributed by atoms with Gasteiger partial charge in [0.15, 0.2) is 9.84 Å². The molecule has 0 spiro atoms. The van der Waals surface area contributed by atoms with E-state index < -0.39 is 21.9 Å². The number of imide groups is 1. The van der Waals surface area contributed by atoms with Gasteiger partial charge in [0, 0.05) is 12.1 Å². The van der Waals surface area contributed by atoms with E-state index in [1.807, 2.05) is 30.3 Å². The number of carbonyl (C=O) groups excluding carboxylic acids is 3. The molecule has 0 bridgehead atoms. The molecule has 4 rings (SSSR count). The molecule has 168 valence electrons. The first kappa shape index (κ1) is 21.8. The second-order valence-electron chi connectivity index (χ2n) is 8.75. The minimum Gasteiger partial charge on any atom is -0.334 e. The third kappa shape index (κ3) is 4.92. The molecule has 8 nitrogen and oxygen atoms in total. The zero-order valence-corrected chi connectivity index (χ0v) is 18.4. The minimum atomic E-state index is -3.15. The van der Waals surface area contributed by atoms with Gasteiger partial charge in [-0.05, 0) is 37.7 Å². The van der Waals surface area contributed by atoms with E-state index in [0.29, 0.717) is 19.3 Å². The Bertz CT molecular complexity index is 943. The maximum Gasteiger partial charge on any atom is 0.325 e. The fourth-order valence-electron chi connectivity index (χ4n) is 4.98. The number of urea groups is 1. The molecule has 1 N–H and O–H groups in total. The van der Waals surface area contributed by atoms with Crippen LogP contribution in [0.4, 0.5) is 4.79 Å². The summed E-state index contributed by atoms with van der Waals surface area (Å²) in [5.41, 5.74) is 1.08. The predicted molar refractivity (Wildman–Crippen MR) is 115 cm³/mol. The fourth-order valence-corrected chi connectivity index (χ4v) is 6.69. The van der Waals surface area contributed by atoms with Crippen molar-refractivity contribution in [1.82, 2.24) is 15.1 Å². The molecule has 0 unspecified atom stereocenters. The molecule has 31 heavy (non-hydrogen) atoms. The Balaban J connectivity index is 1.41. The molecule has 0 aromatic heterocycles. The van der Waals surface area contributed by atoms with Crippen LogP contribution in [0.2, 0.25) is 0 Å². The van der Waals surface area contributed by atoms with Crippen LogP contribution >= 0.6 is 0 Å². The second-order valence-corrected chi connectivity index (χ2v) is 11.0. The van der Waals surface area contributed by atoms with Gasteiger partial charge in [-0.1, -0.05) is 43.2 Å². The van der Waals surface area contributed by atoms with Crippen molar-refractivity contribution in [3.8, 4) is 0 Å². The van der Waals surface area contributed by atoms with Crippen LogP contribution < -0.4 is 5.32 Å².